The summed E-state index contributed by atoms with van der Waals surface area (Å²) in [4.78, 5) is 28.1. The Labute approximate surface area is 159 Å². The molecular weight excluding hydrogens is 350 g/mol. The molecule has 0 saturated carbocycles. The molecule has 0 aliphatic carbocycles. The Morgan fingerprint density at radius 2 is 2.15 bits per heavy atom. The maximum absolute atomic E-state index is 13.0. The lowest BCUT2D eigenvalue weighted by Gasteiger charge is -2.38. The molecule has 2 aliphatic rings. The van der Waals surface area contributed by atoms with Crippen molar-refractivity contribution in [2.45, 2.75) is 18.4 Å². The van der Waals surface area contributed by atoms with Gasteiger partial charge in [0.15, 0.2) is 11.5 Å². The van der Waals surface area contributed by atoms with E-state index in [0.29, 0.717) is 56.3 Å². The highest BCUT2D eigenvalue weighted by Gasteiger charge is 2.45. The van der Waals surface area contributed by atoms with Crippen molar-refractivity contribution in [1.29, 1.82) is 0 Å². The second-order valence-electron chi connectivity index (χ2n) is 7.05. The fraction of sp³-hybridized carbons (Fsp3) is 0.579. The predicted molar refractivity (Wildman–Crippen MR) is 99.0 cm³/mol. The summed E-state index contributed by atoms with van der Waals surface area (Å²) >= 11 is 0. The monoisotopic (exact) mass is 377 g/mol. The maximum atomic E-state index is 13.0. The summed E-state index contributed by atoms with van der Waals surface area (Å²) in [7, 11) is 3.33. The number of rotatable bonds is 6. The summed E-state index contributed by atoms with van der Waals surface area (Å²) in [5.74, 6) is 1.00. The van der Waals surface area contributed by atoms with E-state index in [1.165, 1.54) is 0 Å². The fourth-order valence-electron chi connectivity index (χ4n) is 3.53. The number of carbonyl (C=O) groups is 2. The van der Waals surface area contributed by atoms with E-state index < -0.39 is 5.60 Å². The summed E-state index contributed by atoms with van der Waals surface area (Å²) < 4.78 is 16.8. The van der Waals surface area contributed by atoms with Crippen LogP contribution in [0.15, 0.2) is 18.2 Å². The minimum atomic E-state index is -0.467. The number of nitrogens with zero attached hydrogens (tertiary/aromatic N) is 2. The number of amides is 2. The number of likely N-dealkylation sites (N-methyl/N-ethyl adjacent to an activating group) is 1. The Kier molecular flexibility index (Phi) is 5.86. The van der Waals surface area contributed by atoms with E-state index in [1.54, 1.807) is 42.2 Å². The lowest BCUT2D eigenvalue weighted by Crippen LogP contribution is -2.54. The molecule has 1 spiro atoms. The van der Waals surface area contributed by atoms with Crippen LogP contribution in [0, 0.1) is 0 Å². The van der Waals surface area contributed by atoms with Crippen LogP contribution in [0.1, 0.15) is 23.2 Å². The van der Waals surface area contributed by atoms with Gasteiger partial charge < -0.3 is 29.7 Å². The number of nitrogens with two attached hydrogens (primary N) is 1. The van der Waals surface area contributed by atoms with Gasteiger partial charge in [-0.05, 0) is 37.6 Å². The van der Waals surface area contributed by atoms with E-state index in [9.17, 15) is 9.59 Å². The molecule has 27 heavy (non-hydrogen) atoms. The van der Waals surface area contributed by atoms with Crippen molar-refractivity contribution in [2.24, 2.45) is 5.73 Å². The topological polar surface area (TPSA) is 94.3 Å². The average Bonchev–Trinajstić information content (AvgIpc) is 3.08. The van der Waals surface area contributed by atoms with Gasteiger partial charge in [-0.1, -0.05) is 0 Å². The Hall–Kier alpha value is -2.32. The second kappa shape index (κ2) is 8.14. The first-order valence-electron chi connectivity index (χ1n) is 9.16. The van der Waals surface area contributed by atoms with Crippen molar-refractivity contribution in [1.82, 2.24) is 9.80 Å². The van der Waals surface area contributed by atoms with E-state index >= 15 is 0 Å². The number of hydrogen-bond acceptors (Lipinski definition) is 6. The highest BCUT2D eigenvalue weighted by atomic mass is 16.5. The first-order valence-corrected chi connectivity index (χ1v) is 9.16. The number of benzene rings is 1. The fourth-order valence-corrected chi connectivity index (χ4v) is 3.53. The smallest absolute Gasteiger partial charge is 0.254 e. The number of morpholine rings is 1. The Bertz CT molecular complexity index is 711. The Morgan fingerprint density at radius 3 is 2.85 bits per heavy atom. The van der Waals surface area contributed by atoms with Gasteiger partial charge in [-0.25, -0.2) is 0 Å². The predicted octanol–water partition coefficient (Wildman–Crippen LogP) is 0.496. The van der Waals surface area contributed by atoms with Crippen LogP contribution in [0.3, 0.4) is 0 Å². The molecule has 1 aromatic rings. The van der Waals surface area contributed by atoms with Crippen LogP contribution < -0.4 is 15.2 Å². The van der Waals surface area contributed by atoms with Crippen LogP contribution in [-0.2, 0) is 9.53 Å². The molecule has 0 radical (unpaired) electrons. The van der Waals surface area contributed by atoms with Gasteiger partial charge in [0.1, 0.15) is 12.2 Å². The van der Waals surface area contributed by atoms with Crippen molar-refractivity contribution < 1.29 is 23.8 Å². The standard InChI is InChI=1S/C19H27N3O5/c1-21-12-19(27-11-17(21)23)6-8-22(13-19)18(24)14-4-5-15(25-2)16(10-14)26-9-3-7-20/h4-5,10H,3,6-9,11-13,20H2,1-2H3/t19-/m1/s1. The summed E-state index contributed by atoms with van der Waals surface area (Å²) in [5.41, 5.74) is 5.57. The van der Waals surface area contributed by atoms with Crippen molar-refractivity contribution in [3.63, 3.8) is 0 Å². The van der Waals surface area contributed by atoms with E-state index in [4.69, 9.17) is 19.9 Å². The molecule has 8 nitrogen and oxygen atoms in total. The number of methoxy groups -OCH3 is 1. The third-order valence-corrected chi connectivity index (χ3v) is 5.07. The van der Waals surface area contributed by atoms with Gasteiger partial charge in [-0.2, -0.15) is 0 Å². The molecule has 148 valence electrons. The average molecular weight is 377 g/mol. The van der Waals surface area contributed by atoms with Gasteiger partial charge in [0.2, 0.25) is 5.91 Å². The molecule has 1 aromatic carbocycles. The first kappa shape index (κ1) is 19.4. The molecule has 2 saturated heterocycles. The van der Waals surface area contributed by atoms with Crippen molar-refractivity contribution in [2.75, 3.05) is 53.6 Å². The highest BCUT2D eigenvalue weighted by Crippen LogP contribution is 2.32. The first-order chi connectivity index (χ1) is 13.0. The molecule has 2 fully saturated rings. The van der Waals surface area contributed by atoms with Gasteiger partial charge in [0.05, 0.1) is 26.8 Å². The summed E-state index contributed by atoms with van der Waals surface area (Å²) in [6.45, 7) is 2.64. The van der Waals surface area contributed by atoms with Gasteiger partial charge >= 0.3 is 0 Å². The zero-order valence-corrected chi connectivity index (χ0v) is 15.9. The molecule has 0 aromatic heterocycles. The zero-order valence-electron chi connectivity index (χ0n) is 15.9. The van der Waals surface area contributed by atoms with Crippen LogP contribution in [0.25, 0.3) is 0 Å². The molecule has 2 heterocycles. The number of carbonyl (C=O) groups excluding carboxylic acids is 2. The molecule has 8 heteroatoms. The Balaban J connectivity index is 1.70. The Morgan fingerprint density at radius 1 is 1.33 bits per heavy atom. The lowest BCUT2D eigenvalue weighted by molar-refractivity contribution is -0.158. The number of hydrogen-bond donors (Lipinski definition) is 1. The van der Waals surface area contributed by atoms with E-state index in [0.717, 1.165) is 6.42 Å². The van der Waals surface area contributed by atoms with Crippen LogP contribution in [0.5, 0.6) is 11.5 Å². The van der Waals surface area contributed by atoms with Crippen LogP contribution in [0.2, 0.25) is 0 Å². The maximum Gasteiger partial charge on any atom is 0.254 e. The molecule has 3 rings (SSSR count). The summed E-state index contributed by atoms with van der Waals surface area (Å²) in [6, 6.07) is 5.18. The van der Waals surface area contributed by atoms with Gasteiger partial charge in [-0.15, -0.1) is 0 Å². The van der Waals surface area contributed by atoms with E-state index in [-0.39, 0.29) is 18.4 Å². The van der Waals surface area contributed by atoms with Crippen molar-refractivity contribution >= 4 is 11.8 Å². The minimum Gasteiger partial charge on any atom is -0.493 e. The van der Waals surface area contributed by atoms with Crippen LogP contribution in [-0.4, -0.2) is 80.8 Å². The van der Waals surface area contributed by atoms with Gasteiger partial charge in [0, 0.05) is 19.2 Å². The minimum absolute atomic E-state index is 0.0279. The molecule has 0 unspecified atom stereocenters. The normalized spacial score (nSPS) is 22.4. The molecule has 1 atom stereocenters. The SMILES string of the molecule is COc1ccc(C(=O)N2CC[C@@]3(CN(C)C(=O)CO3)C2)cc1OCCCN. The summed E-state index contributed by atoms with van der Waals surface area (Å²) in [5, 5.41) is 0. The molecule has 0 bridgehead atoms. The number of likely N-dealkylation sites (tertiary alicyclic amines) is 1. The van der Waals surface area contributed by atoms with Crippen molar-refractivity contribution in [3.8, 4) is 11.5 Å². The highest BCUT2D eigenvalue weighted by molar-refractivity contribution is 5.95. The van der Waals surface area contributed by atoms with E-state index in [1.807, 2.05) is 0 Å². The molecule has 2 aliphatic heterocycles. The summed E-state index contributed by atoms with van der Waals surface area (Å²) in [6.07, 6.45) is 1.44. The third kappa shape index (κ3) is 4.17. The second-order valence-corrected chi connectivity index (χ2v) is 7.05. The lowest BCUT2D eigenvalue weighted by atomic mass is 10.0. The largest absolute Gasteiger partial charge is 0.493 e. The quantitative estimate of drug-likeness (QED) is 0.726. The van der Waals surface area contributed by atoms with Gasteiger partial charge in [0.25, 0.3) is 5.91 Å². The van der Waals surface area contributed by atoms with E-state index in [2.05, 4.69) is 0 Å². The molecule has 2 amide bonds. The number of ether oxygens (including phenoxy) is 3. The molecular formula is C19H27N3O5. The van der Waals surface area contributed by atoms with Crippen LogP contribution in [0.4, 0.5) is 0 Å². The zero-order chi connectivity index (χ0) is 19.4. The third-order valence-electron chi connectivity index (χ3n) is 5.07. The van der Waals surface area contributed by atoms with Crippen molar-refractivity contribution in [3.05, 3.63) is 23.8 Å². The molecule has 2 N–H and O–H groups in total. The van der Waals surface area contributed by atoms with Crippen LogP contribution >= 0.6 is 0 Å². The van der Waals surface area contributed by atoms with Gasteiger partial charge in [-0.3, -0.25) is 9.59 Å².